The minimum atomic E-state index is -5.12. The van der Waals surface area contributed by atoms with Crippen LogP contribution in [0.4, 0.5) is 41.1 Å². The standard InChI is InChI=1S/C23H13Br2F8N3O/c24-16-7-12(8-17(25)20(16)27)14(22(28,29)30)9-18(26)11-2-3-13(15(6-11)23(31,32)33)19(37)10-36-21-34-4-1-5-35-21/h1-9,14H,10H2,(H,34,35,36)/b18-9-. The highest BCUT2D eigenvalue weighted by atomic mass is 79.9. The van der Waals surface area contributed by atoms with E-state index >= 15 is 0 Å². The van der Waals surface area contributed by atoms with Gasteiger partial charge in [-0.25, -0.2) is 18.7 Å². The Kier molecular flexibility index (Phi) is 8.73. The molecule has 0 bridgehead atoms. The number of allylic oxidation sites excluding steroid dienone is 1. The van der Waals surface area contributed by atoms with Crippen LogP contribution >= 0.6 is 31.9 Å². The Morgan fingerprint density at radius 1 is 1.00 bits per heavy atom. The number of benzene rings is 2. The van der Waals surface area contributed by atoms with Crippen LogP contribution in [0.25, 0.3) is 5.83 Å². The van der Waals surface area contributed by atoms with Crippen molar-refractivity contribution in [2.24, 2.45) is 0 Å². The first kappa shape index (κ1) is 28.7. The zero-order chi connectivity index (χ0) is 27.5. The first-order valence-electron chi connectivity index (χ1n) is 10.0. The molecule has 1 aromatic heterocycles. The van der Waals surface area contributed by atoms with Crippen LogP contribution in [0.5, 0.6) is 0 Å². The van der Waals surface area contributed by atoms with E-state index in [4.69, 9.17) is 0 Å². The van der Waals surface area contributed by atoms with Crippen molar-refractivity contribution in [3.8, 4) is 0 Å². The molecule has 4 nitrogen and oxygen atoms in total. The van der Waals surface area contributed by atoms with E-state index in [0.29, 0.717) is 6.07 Å². The predicted octanol–water partition coefficient (Wildman–Crippen LogP) is 8.11. The fraction of sp³-hybridized carbons (Fsp3) is 0.174. The Morgan fingerprint density at radius 3 is 2.14 bits per heavy atom. The number of nitrogens with zero attached hydrogens (tertiary/aromatic N) is 2. The van der Waals surface area contributed by atoms with Gasteiger partial charge in [-0.05, 0) is 67.8 Å². The van der Waals surface area contributed by atoms with Gasteiger partial charge in [0.2, 0.25) is 5.95 Å². The second-order valence-electron chi connectivity index (χ2n) is 7.44. The zero-order valence-corrected chi connectivity index (χ0v) is 21.2. The van der Waals surface area contributed by atoms with E-state index < -0.39 is 64.5 Å². The number of hydrogen-bond donors (Lipinski definition) is 1. The van der Waals surface area contributed by atoms with Crippen LogP contribution < -0.4 is 5.32 Å². The van der Waals surface area contributed by atoms with Gasteiger partial charge in [-0.3, -0.25) is 4.79 Å². The highest BCUT2D eigenvalue weighted by Crippen LogP contribution is 2.41. The quantitative estimate of drug-likeness (QED) is 0.158. The summed E-state index contributed by atoms with van der Waals surface area (Å²) < 4.78 is 110. The summed E-state index contributed by atoms with van der Waals surface area (Å²) in [5, 5.41) is 2.45. The van der Waals surface area contributed by atoms with Gasteiger partial charge < -0.3 is 5.32 Å². The molecule has 0 aliphatic rings. The van der Waals surface area contributed by atoms with Crippen molar-refractivity contribution in [2.75, 3.05) is 11.9 Å². The molecule has 1 N–H and O–H groups in total. The molecule has 1 atom stereocenters. The van der Waals surface area contributed by atoms with Crippen LogP contribution in [0.1, 0.15) is 33.0 Å². The monoisotopic (exact) mass is 657 g/mol. The Bertz CT molecular complexity index is 1300. The minimum Gasteiger partial charge on any atom is -0.347 e. The number of carbonyl (C=O) groups excluding carboxylic acids is 1. The fourth-order valence-electron chi connectivity index (χ4n) is 3.19. The van der Waals surface area contributed by atoms with E-state index in [1.54, 1.807) is 0 Å². The van der Waals surface area contributed by atoms with E-state index in [1.807, 2.05) is 0 Å². The fourth-order valence-corrected chi connectivity index (χ4v) is 4.41. The lowest BCUT2D eigenvalue weighted by molar-refractivity contribution is -0.140. The van der Waals surface area contributed by atoms with Crippen molar-refractivity contribution in [1.29, 1.82) is 0 Å². The molecule has 0 saturated heterocycles. The van der Waals surface area contributed by atoms with E-state index in [9.17, 15) is 39.9 Å². The maximum Gasteiger partial charge on any atom is 0.417 e. The summed E-state index contributed by atoms with van der Waals surface area (Å²) in [5.74, 6) is -6.19. The maximum absolute atomic E-state index is 14.9. The van der Waals surface area contributed by atoms with Crippen molar-refractivity contribution >= 4 is 49.4 Å². The Morgan fingerprint density at radius 2 is 1.59 bits per heavy atom. The maximum atomic E-state index is 14.9. The lowest BCUT2D eigenvalue weighted by atomic mass is 9.95. The van der Waals surface area contributed by atoms with Gasteiger partial charge in [0.25, 0.3) is 0 Å². The number of ketones is 1. The van der Waals surface area contributed by atoms with Gasteiger partial charge in [0, 0.05) is 23.5 Å². The van der Waals surface area contributed by atoms with Crippen LogP contribution in [-0.4, -0.2) is 28.5 Å². The summed E-state index contributed by atoms with van der Waals surface area (Å²) in [6.45, 7) is -0.630. The number of alkyl halides is 6. The molecule has 196 valence electrons. The van der Waals surface area contributed by atoms with Gasteiger partial charge in [0.05, 0.1) is 21.1 Å². The molecule has 3 rings (SSSR count). The molecule has 0 fully saturated rings. The number of nitrogens with one attached hydrogen (secondary N) is 1. The summed E-state index contributed by atoms with van der Waals surface area (Å²) in [4.78, 5) is 20.0. The summed E-state index contributed by atoms with van der Waals surface area (Å²) in [7, 11) is 0. The number of aromatic nitrogens is 2. The molecule has 37 heavy (non-hydrogen) atoms. The molecule has 0 spiro atoms. The molecule has 3 aromatic rings. The summed E-state index contributed by atoms with van der Waals surface area (Å²) >= 11 is 5.53. The first-order valence-corrected chi connectivity index (χ1v) is 11.6. The Labute approximate surface area is 221 Å². The van der Waals surface area contributed by atoms with E-state index in [-0.39, 0.29) is 27.0 Å². The molecule has 0 aliphatic heterocycles. The number of carbonyl (C=O) groups is 1. The SMILES string of the molecule is O=C(CNc1ncccn1)c1ccc(/C(F)=C/C(c2cc(Br)c(F)c(Br)c2)C(F)(F)F)cc1C(F)(F)F. The first-order chi connectivity index (χ1) is 17.2. The molecule has 0 saturated carbocycles. The Hall–Kier alpha value is -2.87. The molecule has 14 heteroatoms. The highest BCUT2D eigenvalue weighted by molar-refractivity contribution is 9.11. The molecular weight excluding hydrogens is 646 g/mol. The second-order valence-corrected chi connectivity index (χ2v) is 9.15. The third kappa shape index (κ3) is 7.12. The van der Waals surface area contributed by atoms with Gasteiger partial charge in [0.15, 0.2) is 11.6 Å². The van der Waals surface area contributed by atoms with Crippen molar-refractivity contribution in [3.63, 3.8) is 0 Å². The predicted molar refractivity (Wildman–Crippen MR) is 126 cm³/mol. The van der Waals surface area contributed by atoms with Crippen molar-refractivity contribution in [3.05, 3.63) is 91.9 Å². The van der Waals surface area contributed by atoms with Crippen LogP contribution in [0.15, 0.2) is 63.8 Å². The molecule has 2 aromatic carbocycles. The van der Waals surface area contributed by atoms with Gasteiger partial charge in [-0.2, -0.15) is 26.3 Å². The number of anilines is 1. The largest absolute Gasteiger partial charge is 0.417 e. The lowest BCUT2D eigenvalue weighted by Gasteiger charge is -2.19. The molecule has 0 radical (unpaired) electrons. The summed E-state index contributed by atoms with van der Waals surface area (Å²) in [6.07, 6.45) is -7.44. The molecule has 1 unspecified atom stereocenters. The van der Waals surface area contributed by atoms with Crippen LogP contribution in [0, 0.1) is 5.82 Å². The smallest absolute Gasteiger partial charge is 0.347 e. The molecule has 0 aliphatic carbocycles. The van der Waals surface area contributed by atoms with Crippen molar-refractivity contribution in [2.45, 2.75) is 18.3 Å². The summed E-state index contributed by atoms with van der Waals surface area (Å²) in [6, 6.07) is 4.74. The van der Waals surface area contributed by atoms with Gasteiger partial charge >= 0.3 is 12.4 Å². The average Bonchev–Trinajstić information content (AvgIpc) is 2.83. The van der Waals surface area contributed by atoms with E-state index in [2.05, 4.69) is 47.1 Å². The normalized spacial score (nSPS) is 13.4. The van der Waals surface area contributed by atoms with Crippen molar-refractivity contribution < 1.29 is 39.9 Å². The number of hydrogen-bond acceptors (Lipinski definition) is 4. The van der Waals surface area contributed by atoms with E-state index in [1.165, 1.54) is 18.5 Å². The number of halogens is 10. The second kappa shape index (κ2) is 11.3. The molecule has 0 amide bonds. The van der Waals surface area contributed by atoms with Gasteiger partial charge in [0.1, 0.15) is 11.7 Å². The minimum absolute atomic E-state index is 0.0211. The molecular formula is C23H13Br2F8N3O. The van der Waals surface area contributed by atoms with Crippen LogP contribution in [0.3, 0.4) is 0 Å². The summed E-state index contributed by atoms with van der Waals surface area (Å²) in [5.41, 5.74) is -3.77. The van der Waals surface area contributed by atoms with E-state index in [0.717, 1.165) is 18.2 Å². The van der Waals surface area contributed by atoms with Crippen molar-refractivity contribution in [1.82, 2.24) is 9.97 Å². The number of Topliss-reactive ketones (excluding diaryl/α,β-unsaturated/α-hetero) is 1. The molecule has 1 heterocycles. The Balaban J connectivity index is 1.99. The van der Waals surface area contributed by atoms with Crippen LogP contribution in [0.2, 0.25) is 0 Å². The lowest BCUT2D eigenvalue weighted by Crippen LogP contribution is -2.20. The van der Waals surface area contributed by atoms with Crippen LogP contribution in [-0.2, 0) is 6.18 Å². The topological polar surface area (TPSA) is 54.9 Å². The third-order valence-corrected chi connectivity index (χ3v) is 6.06. The third-order valence-electron chi connectivity index (χ3n) is 4.90. The zero-order valence-electron chi connectivity index (χ0n) is 18.1. The van der Waals surface area contributed by atoms with Gasteiger partial charge in [-0.15, -0.1) is 0 Å². The van der Waals surface area contributed by atoms with Gasteiger partial charge in [-0.1, -0.05) is 12.1 Å². The average molecular weight is 659 g/mol. The number of rotatable bonds is 7. The highest BCUT2D eigenvalue weighted by Gasteiger charge is 2.41.